The molecule has 1 N–H and O–H groups in total. The number of carbonyl (C=O) groups excluding carboxylic acids is 2. The van der Waals surface area contributed by atoms with Gasteiger partial charge >= 0.3 is 0 Å². The molecule has 1 saturated carbocycles. The van der Waals surface area contributed by atoms with Crippen LogP contribution in [0.3, 0.4) is 0 Å². The molecular formula is C27H34N2O2. The van der Waals surface area contributed by atoms with Gasteiger partial charge in [0.2, 0.25) is 0 Å². The van der Waals surface area contributed by atoms with Crippen molar-refractivity contribution in [2.45, 2.75) is 69.7 Å². The summed E-state index contributed by atoms with van der Waals surface area (Å²) in [7, 11) is 0. The predicted molar refractivity (Wildman–Crippen MR) is 124 cm³/mol. The van der Waals surface area contributed by atoms with Crippen LogP contribution < -0.4 is 5.32 Å². The summed E-state index contributed by atoms with van der Waals surface area (Å²) in [5.41, 5.74) is 2.84. The smallest absolute Gasteiger partial charge is 0.261 e. The molecule has 4 rings (SSSR count). The second-order valence-corrected chi connectivity index (χ2v) is 9.13. The van der Waals surface area contributed by atoms with E-state index in [0.29, 0.717) is 23.7 Å². The average Bonchev–Trinajstić information content (AvgIpc) is 3.40. The fourth-order valence-corrected chi connectivity index (χ4v) is 5.45. The van der Waals surface area contributed by atoms with Crippen molar-refractivity contribution in [1.82, 2.24) is 10.2 Å². The quantitative estimate of drug-likeness (QED) is 0.419. The number of imide groups is 1. The van der Waals surface area contributed by atoms with Crippen LogP contribution in [-0.2, 0) is 5.41 Å². The number of rotatable bonds is 10. The van der Waals surface area contributed by atoms with E-state index >= 15 is 0 Å². The van der Waals surface area contributed by atoms with Gasteiger partial charge in [-0.2, -0.15) is 0 Å². The molecule has 0 radical (unpaired) electrons. The van der Waals surface area contributed by atoms with E-state index in [1.165, 1.54) is 36.1 Å². The Hall–Kier alpha value is -2.46. The van der Waals surface area contributed by atoms with Crippen molar-refractivity contribution in [3.8, 4) is 0 Å². The Balaban J connectivity index is 1.17. The molecule has 1 heterocycles. The zero-order valence-corrected chi connectivity index (χ0v) is 18.6. The van der Waals surface area contributed by atoms with Crippen molar-refractivity contribution in [3.05, 3.63) is 71.3 Å². The van der Waals surface area contributed by atoms with Gasteiger partial charge in [0.05, 0.1) is 11.1 Å². The molecule has 1 unspecified atom stereocenters. The highest BCUT2D eigenvalue weighted by atomic mass is 16.2. The van der Waals surface area contributed by atoms with Crippen LogP contribution in [0.5, 0.6) is 0 Å². The summed E-state index contributed by atoms with van der Waals surface area (Å²) in [5, 5.41) is 3.80. The summed E-state index contributed by atoms with van der Waals surface area (Å²) in [6.45, 7) is 3.89. The van der Waals surface area contributed by atoms with Gasteiger partial charge in [0.25, 0.3) is 11.8 Å². The Morgan fingerprint density at radius 2 is 1.42 bits per heavy atom. The second-order valence-electron chi connectivity index (χ2n) is 9.13. The summed E-state index contributed by atoms with van der Waals surface area (Å²) in [5.74, 6) is -0.280. The Morgan fingerprint density at radius 3 is 2.06 bits per heavy atom. The van der Waals surface area contributed by atoms with E-state index in [-0.39, 0.29) is 17.2 Å². The van der Waals surface area contributed by atoms with Crippen LogP contribution in [0.1, 0.15) is 84.6 Å². The number of carbonyl (C=O) groups is 2. The van der Waals surface area contributed by atoms with Crippen molar-refractivity contribution in [2.24, 2.45) is 0 Å². The number of nitrogens with one attached hydrogen (secondary N) is 1. The van der Waals surface area contributed by atoms with E-state index in [2.05, 4.69) is 42.6 Å². The molecule has 4 nitrogen and oxygen atoms in total. The van der Waals surface area contributed by atoms with Crippen LogP contribution in [0.15, 0.2) is 54.6 Å². The van der Waals surface area contributed by atoms with E-state index in [1.807, 2.05) is 12.1 Å². The van der Waals surface area contributed by atoms with Gasteiger partial charge in [-0.3, -0.25) is 14.5 Å². The zero-order valence-electron chi connectivity index (χ0n) is 18.6. The minimum absolute atomic E-state index is 0.140. The number of nitrogens with zero attached hydrogens (tertiary/aromatic N) is 1. The topological polar surface area (TPSA) is 49.4 Å². The molecule has 2 aromatic rings. The monoisotopic (exact) mass is 418 g/mol. The molecule has 2 amide bonds. The fourth-order valence-electron chi connectivity index (χ4n) is 5.45. The first-order valence-corrected chi connectivity index (χ1v) is 11.9. The lowest BCUT2D eigenvalue weighted by Crippen LogP contribution is -2.45. The maximum Gasteiger partial charge on any atom is 0.261 e. The number of fused-ring (bicyclic) bond motifs is 1. The standard InChI is InChI=1S/C27H34N2O2/c1-21(27(17-9-10-18-27)22-13-5-4-6-14-22)28-19-11-2-3-12-20-29-25(30)23-15-7-8-16-24(23)26(29)31/h4-8,13-16,21,28H,2-3,9-12,17-20H2,1H3. The molecule has 2 aliphatic rings. The molecule has 0 bridgehead atoms. The van der Waals surface area contributed by atoms with Gasteiger partial charge in [-0.25, -0.2) is 0 Å². The van der Waals surface area contributed by atoms with E-state index in [4.69, 9.17) is 0 Å². The van der Waals surface area contributed by atoms with Crippen LogP contribution in [0.2, 0.25) is 0 Å². The summed E-state index contributed by atoms with van der Waals surface area (Å²) in [4.78, 5) is 26.2. The van der Waals surface area contributed by atoms with Gasteiger partial charge in [0, 0.05) is 18.0 Å². The van der Waals surface area contributed by atoms with Crippen molar-refractivity contribution in [3.63, 3.8) is 0 Å². The Kier molecular flexibility index (Phi) is 6.86. The van der Waals surface area contributed by atoms with Gasteiger partial charge in [-0.15, -0.1) is 0 Å². The maximum atomic E-state index is 12.4. The van der Waals surface area contributed by atoms with E-state index in [9.17, 15) is 9.59 Å². The van der Waals surface area contributed by atoms with E-state index in [1.54, 1.807) is 12.1 Å². The van der Waals surface area contributed by atoms with Gasteiger partial charge in [-0.1, -0.05) is 68.1 Å². The minimum Gasteiger partial charge on any atom is -0.313 e. The molecule has 164 valence electrons. The molecular weight excluding hydrogens is 384 g/mol. The van der Waals surface area contributed by atoms with Crippen LogP contribution in [0.4, 0.5) is 0 Å². The van der Waals surface area contributed by atoms with E-state index < -0.39 is 0 Å². The van der Waals surface area contributed by atoms with Crippen molar-refractivity contribution < 1.29 is 9.59 Å². The summed E-state index contributed by atoms with van der Waals surface area (Å²) >= 11 is 0. The molecule has 2 aromatic carbocycles. The predicted octanol–water partition coefficient (Wildman–Crippen LogP) is 5.33. The van der Waals surface area contributed by atoms with Gasteiger partial charge in [0.1, 0.15) is 0 Å². The third-order valence-electron chi connectivity index (χ3n) is 7.31. The molecule has 1 fully saturated rings. The van der Waals surface area contributed by atoms with Crippen LogP contribution in [-0.4, -0.2) is 35.8 Å². The highest BCUT2D eigenvalue weighted by molar-refractivity contribution is 6.21. The van der Waals surface area contributed by atoms with Crippen LogP contribution in [0.25, 0.3) is 0 Å². The number of hydrogen-bond acceptors (Lipinski definition) is 3. The molecule has 0 aromatic heterocycles. The van der Waals surface area contributed by atoms with Crippen molar-refractivity contribution >= 4 is 11.8 Å². The molecule has 1 atom stereocenters. The molecule has 0 saturated heterocycles. The Bertz CT molecular complexity index is 867. The highest BCUT2D eigenvalue weighted by Crippen LogP contribution is 2.43. The normalized spacial score (nSPS) is 18.4. The lowest BCUT2D eigenvalue weighted by Gasteiger charge is -2.37. The first-order valence-electron chi connectivity index (χ1n) is 11.9. The summed E-state index contributed by atoms with van der Waals surface area (Å²) in [6, 6.07) is 18.6. The lowest BCUT2D eigenvalue weighted by molar-refractivity contribution is 0.0651. The SMILES string of the molecule is CC(NCCCCCCN1C(=O)c2ccccc2C1=O)C1(c2ccccc2)CCCC1. The first-order chi connectivity index (χ1) is 15.1. The average molecular weight is 419 g/mol. The third kappa shape index (κ3) is 4.45. The molecule has 4 heteroatoms. The third-order valence-corrected chi connectivity index (χ3v) is 7.31. The zero-order chi connectivity index (χ0) is 21.7. The summed E-state index contributed by atoms with van der Waals surface area (Å²) < 4.78 is 0. The number of hydrogen-bond donors (Lipinski definition) is 1. The first kappa shape index (κ1) is 21.8. The molecule has 1 aliphatic carbocycles. The molecule has 1 aliphatic heterocycles. The second kappa shape index (κ2) is 9.78. The highest BCUT2D eigenvalue weighted by Gasteiger charge is 2.40. The van der Waals surface area contributed by atoms with Crippen LogP contribution in [0, 0.1) is 0 Å². The number of benzene rings is 2. The molecule has 31 heavy (non-hydrogen) atoms. The molecule has 0 spiro atoms. The summed E-state index contributed by atoms with van der Waals surface area (Å²) in [6.07, 6.45) is 9.31. The number of amides is 2. The minimum atomic E-state index is -0.140. The largest absolute Gasteiger partial charge is 0.313 e. The fraction of sp³-hybridized carbons (Fsp3) is 0.481. The van der Waals surface area contributed by atoms with Crippen molar-refractivity contribution in [2.75, 3.05) is 13.1 Å². The number of unbranched alkanes of at least 4 members (excludes halogenated alkanes) is 3. The maximum absolute atomic E-state index is 12.4. The Labute approximate surface area is 186 Å². The van der Waals surface area contributed by atoms with Gasteiger partial charge in [-0.05, 0) is 56.8 Å². The van der Waals surface area contributed by atoms with Crippen molar-refractivity contribution in [1.29, 1.82) is 0 Å². The van der Waals surface area contributed by atoms with Gasteiger partial charge < -0.3 is 5.32 Å². The van der Waals surface area contributed by atoms with E-state index in [0.717, 1.165) is 32.2 Å². The lowest BCUT2D eigenvalue weighted by atomic mass is 9.73. The Morgan fingerprint density at radius 1 is 0.839 bits per heavy atom. The van der Waals surface area contributed by atoms with Crippen LogP contribution >= 0.6 is 0 Å². The van der Waals surface area contributed by atoms with Gasteiger partial charge in [0.15, 0.2) is 0 Å².